The van der Waals surface area contributed by atoms with Crippen LogP contribution in [0.1, 0.15) is 10.4 Å². The van der Waals surface area contributed by atoms with E-state index in [4.69, 9.17) is 4.74 Å². The number of rotatable bonds is 6. The van der Waals surface area contributed by atoms with Crippen LogP contribution in [0.4, 0.5) is 0 Å². The Hall–Kier alpha value is -3.05. The number of imide groups is 1. The molecule has 5 heteroatoms. The maximum Gasteiger partial charge on any atom is 0.257 e. The van der Waals surface area contributed by atoms with E-state index >= 15 is 0 Å². The first-order valence-electron chi connectivity index (χ1n) is 8.42. The van der Waals surface area contributed by atoms with Gasteiger partial charge in [-0.05, 0) is 47.5 Å². The Morgan fingerprint density at radius 1 is 0.852 bits per heavy atom. The molecule has 3 rings (SSSR count). The molecule has 3 aromatic carbocycles. The van der Waals surface area contributed by atoms with Crippen molar-refractivity contribution in [1.82, 2.24) is 5.32 Å². The zero-order valence-corrected chi connectivity index (χ0v) is 15.7. The number of carbonyl (C=O) groups excluding carboxylic acids is 2. The summed E-state index contributed by atoms with van der Waals surface area (Å²) in [5.41, 5.74) is 2.69. The molecule has 0 saturated carbocycles. The molecule has 0 unspecified atom stereocenters. The van der Waals surface area contributed by atoms with Crippen molar-refractivity contribution in [3.63, 3.8) is 0 Å². The first kappa shape index (κ1) is 18.7. The molecule has 0 aliphatic heterocycles. The van der Waals surface area contributed by atoms with Gasteiger partial charge in [0.25, 0.3) is 5.91 Å². The van der Waals surface area contributed by atoms with Gasteiger partial charge in [-0.15, -0.1) is 11.8 Å². The number of thioether (sulfide) groups is 1. The zero-order valence-electron chi connectivity index (χ0n) is 14.8. The van der Waals surface area contributed by atoms with Crippen LogP contribution in [0.25, 0.3) is 11.1 Å². The number of methoxy groups -OCH3 is 1. The van der Waals surface area contributed by atoms with Gasteiger partial charge < -0.3 is 4.74 Å². The Balaban J connectivity index is 1.52. The molecule has 0 aliphatic carbocycles. The fourth-order valence-corrected chi connectivity index (χ4v) is 3.20. The minimum atomic E-state index is -0.414. The van der Waals surface area contributed by atoms with Crippen LogP contribution in [0, 0.1) is 0 Å². The summed E-state index contributed by atoms with van der Waals surface area (Å²) < 4.78 is 5.05. The fraction of sp³-hybridized carbons (Fsp3) is 0.0909. The van der Waals surface area contributed by atoms with E-state index in [0.717, 1.165) is 16.0 Å². The maximum atomic E-state index is 12.1. The summed E-state index contributed by atoms with van der Waals surface area (Å²) in [5, 5.41) is 2.40. The van der Waals surface area contributed by atoms with E-state index in [2.05, 4.69) is 17.4 Å². The summed E-state index contributed by atoms with van der Waals surface area (Å²) in [5.74, 6) is 0.0927. The van der Waals surface area contributed by atoms with Gasteiger partial charge >= 0.3 is 0 Å². The van der Waals surface area contributed by atoms with E-state index in [1.54, 1.807) is 31.4 Å². The second-order valence-electron chi connectivity index (χ2n) is 5.78. The van der Waals surface area contributed by atoms with Gasteiger partial charge in [0.2, 0.25) is 5.91 Å². The number of hydrogen-bond acceptors (Lipinski definition) is 4. The molecule has 0 heterocycles. The van der Waals surface area contributed by atoms with Gasteiger partial charge in [-0.3, -0.25) is 14.9 Å². The van der Waals surface area contributed by atoms with Crippen molar-refractivity contribution >= 4 is 23.6 Å². The zero-order chi connectivity index (χ0) is 19.1. The molecular formula is C22H19NO3S. The van der Waals surface area contributed by atoms with Gasteiger partial charge in [0.1, 0.15) is 5.75 Å². The van der Waals surface area contributed by atoms with Crippen molar-refractivity contribution in [2.45, 2.75) is 4.90 Å². The molecule has 0 bridgehead atoms. The molecular weight excluding hydrogens is 358 g/mol. The van der Waals surface area contributed by atoms with Gasteiger partial charge in [-0.25, -0.2) is 0 Å². The van der Waals surface area contributed by atoms with Crippen molar-refractivity contribution in [2.24, 2.45) is 0 Å². The SMILES string of the molecule is COc1ccc(C(=O)NC(=O)CSc2ccc(-c3ccccc3)cc2)cc1. The quantitative estimate of drug-likeness (QED) is 0.647. The highest BCUT2D eigenvalue weighted by Crippen LogP contribution is 2.24. The lowest BCUT2D eigenvalue weighted by Gasteiger charge is -2.06. The molecule has 0 aromatic heterocycles. The van der Waals surface area contributed by atoms with Crippen molar-refractivity contribution in [3.05, 3.63) is 84.4 Å². The summed E-state index contributed by atoms with van der Waals surface area (Å²) in [6.45, 7) is 0. The third-order valence-corrected chi connectivity index (χ3v) is 4.95. The van der Waals surface area contributed by atoms with E-state index in [1.165, 1.54) is 11.8 Å². The largest absolute Gasteiger partial charge is 0.497 e. The van der Waals surface area contributed by atoms with Crippen molar-refractivity contribution in [2.75, 3.05) is 12.9 Å². The normalized spacial score (nSPS) is 10.3. The van der Waals surface area contributed by atoms with Gasteiger partial charge in [0.15, 0.2) is 0 Å². The lowest BCUT2D eigenvalue weighted by atomic mass is 10.1. The number of nitrogens with one attached hydrogen (secondary N) is 1. The van der Waals surface area contributed by atoms with E-state index < -0.39 is 5.91 Å². The van der Waals surface area contributed by atoms with Crippen LogP contribution in [0.15, 0.2) is 83.8 Å². The summed E-state index contributed by atoms with van der Waals surface area (Å²) >= 11 is 1.39. The minimum absolute atomic E-state index is 0.173. The van der Waals surface area contributed by atoms with Crippen molar-refractivity contribution in [3.8, 4) is 16.9 Å². The average Bonchev–Trinajstić information content (AvgIpc) is 2.73. The first-order valence-corrected chi connectivity index (χ1v) is 9.41. The summed E-state index contributed by atoms with van der Waals surface area (Å²) in [7, 11) is 1.56. The van der Waals surface area contributed by atoms with Crippen LogP contribution in [0.2, 0.25) is 0 Å². The van der Waals surface area contributed by atoms with Gasteiger partial charge in [-0.2, -0.15) is 0 Å². The minimum Gasteiger partial charge on any atom is -0.497 e. The van der Waals surface area contributed by atoms with E-state index in [1.807, 2.05) is 42.5 Å². The third-order valence-electron chi connectivity index (χ3n) is 3.94. The predicted molar refractivity (Wildman–Crippen MR) is 108 cm³/mol. The highest BCUT2D eigenvalue weighted by molar-refractivity contribution is 8.00. The number of amides is 2. The smallest absolute Gasteiger partial charge is 0.257 e. The van der Waals surface area contributed by atoms with Crippen LogP contribution in [-0.2, 0) is 4.79 Å². The Kier molecular flexibility index (Phi) is 6.28. The average molecular weight is 377 g/mol. The maximum absolute atomic E-state index is 12.1. The Bertz CT molecular complexity index is 907. The van der Waals surface area contributed by atoms with Gasteiger partial charge in [0.05, 0.1) is 12.9 Å². The monoisotopic (exact) mass is 377 g/mol. The molecule has 136 valence electrons. The highest BCUT2D eigenvalue weighted by atomic mass is 32.2. The Labute approximate surface area is 162 Å². The van der Waals surface area contributed by atoms with Crippen LogP contribution in [-0.4, -0.2) is 24.7 Å². The van der Waals surface area contributed by atoms with E-state index in [-0.39, 0.29) is 11.7 Å². The van der Waals surface area contributed by atoms with Crippen LogP contribution in [0.5, 0.6) is 5.75 Å². The van der Waals surface area contributed by atoms with Crippen LogP contribution < -0.4 is 10.1 Å². The Morgan fingerprint density at radius 3 is 2.11 bits per heavy atom. The topological polar surface area (TPSA) is 55.4 Å². The first-order chi connectivity index (χ1) is 13.2. The molecule has 0 spiro atoms. The summed E-state index contributed by atoms with van der Waals surface area (Å²) in [6.07, 6.45) is 0. The summed E-state index contributed by atoms with van der Waals surface area (Å²) in [6, 6.07) is 24.7. The molecule has 1 N–H and O–H groups in total. The van der Waals surface area contributed by atoms with Crippen LogP contribution >= 0.6 is 11.8 Å². The molecule has 0 saturated heterocycles. The molecule has 2 amide bonds. The second kappa shape index (κ2) is 9.05. The lowest BCUT2D eigenvalue weighted by molar-refractivity contribution is -0.117. The van der Waals surface area contributed by atoms with Crippen molar-refractivity contribution < 1.29 is 14.3 Å². The lowest BCUT2D eigenvalue weighted by Crippen LogP contribution is -2.31. The molecule has 27 heavy (non-hydrogen) atoms. The highest BCUT2D eigenvalue weighted by Gasteiger charge is 2.11. The van der Waals surface area contributed by atoms with E-state index in [9.17, 15) is 9.59 Å². The number of benzene rings is 3. The van der Waals surface area contributed by atoms with Gasteiger partial charge in [0, 0.05) is 10.5 Å². The summed E-state index contributed by atoms with van der Waals surface area (Å²) in [4.78, 5) is 25.1. The van der Waals surface area contributed by atoms with Crippen LogP contribution in [0.3, 0.4) is 0 Å². The molecule has 0 atom stereocenters. The molecule has 0 radical (unpaired) electrons. The van der Waals surface area contributed by atoms with E-state index in [0.29, 0.717) is 11.3 Å². The van der Waals surface area contributed by atoms with Gasteiger partial charge in [-0.1, -0.05) is 42.5 Å². The van der Waals surface area contributed by atoms with Crippen molar-refractivity contribution in [1.29, 1.82) is 0 Å². The number of hydrogen-bond donors (Lipinski definition) is 1. The standard InChI is InChI=1S/C22H19NO3S/c1-26-19-11-7-18(8-12-19)22(25)23-21(24)15-27-20-13-9-17(10-14-20)16-5-3-2-4-6-16/h2-14H,15H2,1H3,(H,23,24,25). The molecule has 0 aliphatic rings. The Morgan fingerprint density at radius 2 is 1.48 bits per heavy atom. The molecule has 4 nitrogen and oxygen atoms in total. The second-order valence-corrected chi connectivity index (χ2v) is 6.83. The predicted octanol–water partition coefficient (Wildman–Crippen LogP) is 4.41. The fourth-order valence-electron chi connectivity index (χ4n) is 2.50. The molecule has 0 fully saturated rings. The number of carbonyl (C=O) groups is 2. The molecule has 3 aromatic rings. The number of ether oxygens (including phenoxy) is 1. The third kappa shape index (κ3) is 5.21.